The molecule has 15 nitrogen and oxygen atoms in total. The summed E-state index contributed by atoms with van der Waals surface area (Å²) in [5.74, 6) is -6.42. The van der Waals surface area contributed by atoms with E-state index in [0.29, 0.717) is 16.7 Å². The zero-order valence-electron chi connectivity index (χ0n) is 42.6. The van der Waals surface area contributed by atoms with E-state index in [1.807, 2.05) is 182 Å². The highest BCUT2D eigenvalue weighted by Gasteiger charge is 2.65. The number of ether oxygens (including phenoxy) is 10. The number of hydrogen-bond acceptors (Lipinski definition) is 15. The molecule has 2 heterocycles. The second kappa shape index (κ2) is 24.6. The molecule has 9 atom stereocenters. The normalized spacial score (nSPS) is 23.4. The highest BCUT2D eigenvalue weighted by atomic mass is 35.5. The van der Waals surface area contributed by atoms with Gasteiger partial charge in [0.15, 0.2) is 24.4 Å². The van der Waals surface area contributed by atoms with Crippen molar-refractivity contribution in [2.75, 3.05) is 19.8 Å². The van der Waals surface area contributed by atoms with Crippen LogP contribution >= 0.6 is 11.6 Å². The minimum atomic E-state index is -2.45. The summed E-state index contributed by atoms with van der Waals surface area (Å²) in [6, 6.07) is 56.8. The fourth-order valence-corrected chi connectivity index (χ4v) is 10.3. The third kappa shape index (κ3) is 12.1. The van der Waals surface area contributed by atoms with Crippen LogP contribution in [-0.4, -0.2) is 104 Å². The predicted octanol–water partition coefficient (Wildman–Crippen LogP) is 8.74. The topological polar surface area (TPSA) is 178 Å². The van der Waals surface area contributed by atoms with Crippen molar-refractivity contribution in [3.8, 4) is 0 Å². The molecule has 0 radical (unpaired) electrons. The number of rotatable bonds is 20. The lowest BCUT2D eigenvalue weighted by Gasteiger charge is -2.46. The SMILES string of the molecule is CC(=O)OC[C@H]1O[C@H](O[C@]2(COC(c3ccccc3)(c3ccccc3)c3ccccc3)O[C@H](COC(c3ccccc3)(c3ccccc3)c3ccccc3)[C@@H](OC(C)=O)[C@@H]2OC(C)=O)[C@H](OC(C)=O)[C@@H](OC(C)=O)[C@@H]1Cl. The lowest BCUT2D eigenvalue weighted by Crippen LogP contribution is -2.64. The number of esters is 5. The van der Waals surface area contributed by atoms with Crippen molar-refractivity contribution in [1.29, 1.82) is 0 Å². The summed E-state index contributed by atoms with van der Waals surface area (Å²) in [5.41, 5.74) is 1.34. The molecule has 2 saturated heterocycles. The van der Waals surface area contributed by atoms with Gasteiger partial charge in [0.05, 0.1) is 6.61 Å². The van der Waals surface area contributed by atoms with E-state index < -0.39 is 108 Å². The second-order valence-electron chi connectivity index (χ2n) is 18.3. The minimum absolute atomic E-state index is 0.380. The van der Waals surface area contributed by atoms with Crippen LogP contribution in [0.4, 0.5) is 0 Å². The Kier molecular flexibility index (Phi) is 17.8. The van der Waals surface area contributed by atoms with E-state index in [-0.39, 0.29) is 6.61 Å². The highest BCUT2D eigenvalue weighted by molar-refractivity contribution is 6.21. The van der Waals surface area contributed by atoms with Gasteiger partial charge in [0.1, 0.15) is 42.0 Å². The van der Waals surface area contributed by atoms with E-state index in [1.165, 1.54) is 13.8 Å². The van der Waals surface area contributed by atoms with Crippen LogP contribution in [-0.2, 0) is 82.5 Å². The maximum Gasteiger partial charge on any atom is 0.303 e. The molecule has 0 saturated carbocycles. The van der Waals surface area contributed by atoms with Crippen LogP contribution in [0.25, 0.3) is 0 Å². The molecular formula is C60H59ClO15. The lowest BCUT2D eigenvalue weighted by molar-refractivity contribution is -0.379. The molecule has 396 valence electrons. The molecule has 76 heavy (non-hydrogen) atoms. The minimum Gasteiger partial charge on any atom is -0.463 e. The van der Waals surface area contributed by atoms with Crippen molar-refractivity contribution in [2.45, 2.75) is 99.9 Å². The van der Waals surface area contributed by atoms with E-state index in [0.717, 1.165) is 37.5 Å². The van der Waals surface area contributed by atoms with E-state index in [9.17, 15) is 24.0 Å². The van der Waals surface area contributed by atoms with Gasteiger partial charge in [-0.1, -0.05) is 182 Å². The summed E-state index contributed by atoms with van der Waals surface area (Å²) < 4.78 is 65.1. The van der Waals surface area contributed by atoms with Crippen molar-refractivity contribution in [1.82, 2.24) is 0 Å². The number of hydrogen-bond donors (Lipinski definition) is 0. The fourth-order valence-electron chi connectivity index (χ4n) is 9.96. The summed E-state index contributed by atoms with van der Waals surface area (Å²) in [7, 11) is 0. The Morgan fingerprint density at radius 2 is 0.803 bits per heavy atom. The molecule has 0 unspecified atom stereocenters. The van der Waals surface area contributed by atoms with Gasteiger partial charge in [-0.05, 0) is 33.4 Å². The van der Waals surface area contributed by atoms with Gasteiger partial charge < -0.3 is 47.4 Å². The summed E-state index contributed by atoms with van der Waals surface area (Å²) >= 11 is 6.99. The number of carbonyl (C=O) groups excluding carboxylic acids is 5. The molecule has 0 bridgehead atoms. The first-order chi connectivity index (χ1) is 36.7. The summed E-state index contributed by atoms with van der Waals surface area (Å²) in [6.45, 7) is 4.27. The second-order valence-corrected chi connectivity index (χ2v) is 18.8. The molecule has 0 aromatic heterocycles. The number of carbonyl (C=O) groups is 5. The van der Waals surface area contributed by atoms with Gasteiger partial charge in [0.25, 0.3) is 0 Å². The molecule has 6 aromatic rings. The first kappa shape index (κ1) is 55.0. The zero-order chi connectivity index (χ0) is 53.9. The Bertz CT molecular complexity index is 2680. The van der Waals surface area contributed by atoms with Crippen molar-refractivity contribution in [3.05, 3.63) is 215 Å². The molecule has 2 fully saturated rings. The summed E-state index contributed by atoms with van der Waals surface area (Å²) in [6.07, 6.45) is -10.9. The van der Waals surface area contributed by atoms with Crippen LogP contribution < -0.4 is 0 Å². The zero-order valence-corrected chi connectivity index (χ0v) is 43.3. The first-order valence-corrected chi connectivity index (χ1v) is 25.2. The van der Waals surface area contributed by atoms with Crippen LogP contribution in [0, 0.1) is 0 Å². The highest BCUT2D eigenvalue weighted by Crippen LogP contribution is 2.48. The molecular weight excluding hydrogens is 996 g/mol. The third-order valence-electron chi connectivity index (χ3n) is 13.0. The number of halogens is 1. The quantitative estimate of drug-likeness (QED) is 0.0307. The van der Waals surface area contributed by atoms with Crippen LogP contribution in [0.1, 0.15) is 68.0 Å². The molecule has 2 aliphatic rings. The van der Waals surface area contributed by atoms with Crippen molar-refractivity contribution in [2.24, 2.45) is 0 Å². The number of benzene rings is 6. The molecule has 0 amide bonds. The number of alkyl halides is 1. The van der Waals surface area contributed by atoms with Gasteiger partial charge >= 0.3 is 29.8 Å². The van der Waals surface area contributed by atoms with Crippen LogP contribution in [0.15, 0.2) is 182 Å². The van der Waals surface area contributed by atoms with Crippen LogP contribution in [0.5, 0.6) is 0 Å². The molecule has 2 aliphatic heterocycles. The molecule has 0 spiro atoms. The Morgan fingerprint density at radius 1 is 0.447 bits per heavy atom. The maximum atomic E-state index is 13.7. The average molecular weight is 1060 g/mol. The maximum absolute atomic E-state index is 13.7. The molecule has 0 N–H and O–H groups in total. The van der Waals surface area contributed by atoms with Gasteiger partial charge in [-0.25, -0.2) is 0 Å². The van der Waals surface area contributed by atoms with Crippen molar-refractivity contribution in [3.63, 3.8) is 0 Å². The van der Waals surface area contributed by atoms with E-state index >= 15 is 0 Å². The largest absolute Gasteiger partial charge is 0.463 e. The van der Waals surface area contributed by atoms with E-state index in [4.69, 9.17) is 59.0 Å². The van der Waals surface area contributed by atoms with E-state index in [2.05, 4.69) is 0 Å². The van der Waals surface area contributed by atoms with Crippen molar-refractivity contribution >= 4 is 41.4 Å². The van der Waals surface area contributed by atoms with Gasteiger partial charge in [-0.3, -0.25) is 24.0 Å². The molecule has 0 aliphatic carbocycles. The Labute approximate surface area is 446 Å². The van der Waals surface area contributed by atoms with Gasteiger partial charge in [-0.15, -0.1) is 11.6 Å². The van der Waals surface area contributed by atoms with Gasteiger partial charge in [0, 0.05) is 34.6 Å². The van der Waals surface area contributed by atoms with Crippen LogP contribution in [0.2, 0.25) is 0 Å². The standard InChI is InChI=1S/C60H59ClO15/c1-39(62)67-36-50-52(61)54(71-41(3)64)55(72-42(4)65)57(74-50)76-58(38-69-60(47-30-18-9-19-31-47,48-32-20-10-21-33-48)49-34-22-11-23-35-49)56(73-43(5)66)53(70-40(2)63)51(75-58)37-68-59(44-24-12-6-13-25-44,45-26-14-7-15-27-45)46-28-16-8-17-29-46/h6-35,50-57H,36-38H2,1-5H3/t50-,51-,52-,53-,54+,55-,56+,57-,58+/m1/s1. The first-order valence-electron chi connectivity index (χ1n) is 24.8. The Morgan fingerprint density at radius 3 is 1.17 bits per heavy atom. The molecule has 16 heteroatoms. The van der Waals surface area contributed by atoms with E-state index in [1.54, 1.807) is 0 Å². The monoisotopic (exact) mass is 1050 g/mol. The predicted molar refractivity (Wildman–Crippen MR) is 276 cm³/mol. The Balaban J connectivity index is 1.35. The van der Waals surface area contributed by atoms with Crippen LogP contribution in [0.3, 0.4) is 0 Å². The third-order valence-corrected chi connectivity index (χ3v) is 13.5. The van der Waals surface area contributed by atoms with Gasteiger partial charge in [-0.2, -0.15) is 0 Å². The average Bonchev–Trinajstić information content (AvgIpc) is 3.82. The van der Waals surface area contributed by atoms with Gasteiger partial charge in [0.2, 0.25) is 12.1 Å². The smallest absolute Gasteiger partial charge is 0.303 e. The summed E-state index contributed by atoms with van der Waals surface area (Å²) in [4.78, 5) is 65.5. The van der Waals surface area contributed by atoms with Crippen molar-refractivity contribution < 1.29 is 71.3 Å². The molecule has 6 aromatic carbocycles. The fraction of sp³-hybridized carbons (Fsp3) is 0.317. The Hall–Kier alpha value is -7.24. The summed E-state index contributed by atoms with van der Waals surface area (Å²) in [5, 5.41) is -1.30. The lowest BCUT2D eigenvalue weighted by atomic mass is 9.80. The molecule has 8 rings (SSSR count).